The van der Waals surface area contributed by atoms with Crippen molar-refractivity contribution in [2.24, 2.45) is 0 Å². The van der Waals surface area contributed by atoms with E-state index in [0.717, 1.165) is 10.8 Å². The average molecular weight is 198 g/mol. The normalized spacial score (nSPS) is 15.8. The zero-order valence-corrected chi connectivity index (χ0v) is 8.05. The van der Waals surface area contributed by atoms with Crippen molar-refractivity contribution in [3.8, 4) is 5.75 Å². The fourth-order valence-corrected chi connectivity index (χ4v) is 1.19. The van der Waals surface area contributed by atoms with E-state index >= 15 is 0 Å². The van der Waals surface area contributed by atoms with Crippen LogP contribution in [0, 0.1) is 0 Å². The first kappa shape index (κ1) is 8.85. The van der Waals surface area contributed by atoms with Crippen molar-refractivity contribution < 1.29 is 4.74 Å². The van der Waals surface area contributed by atoms with Gasteiger partial charge >= 0.3 is 0 Å². The van der Waals surface area contributed by atoms with E-state index in [1.54, 1.807) is 0 Å². The Morgan fingerprint density at radius 1 is 1.31 bits per heavy atom. The van der Waals surface area contributed by atoms with Crippen molar-refractivity contribution in [3.63, 3.8) is 0 Å². The SMILES string of the molecule is Clc1ccc(OCNC2CC2)cc1. The summed E-state index contributed by atoms with van der Waals surface area (Å²) in [5, 5.41) is 4.00. The second-order valence-corrected chi connectivity index (χ2v) is 3.66. The molecule has 1 aromatic carbocycles. The van der Waals surface area contributed by atoms with Gasteiger partial charge in [0.2, 0.25) is 0 Å². The Kier molecular flexibility index (Phi) is 2.71. The topological polar surface area (TPSA) is 21.3 Å². The van der Waals surface area contributed by atoms with Crippen molar-refractivity contribution in [3.05, 3.63) is 29.3 Å². The quantitative estimate of drug-likeness (QED) is 0.749. The van der Waals surface area contributed by atoms with Crippen molar-refractivity contribution in [2.45, 2.75) is 18.9 Å². The van der Waals surface area contributed by atoms with E-state index in [0.29, 0.717) is 12.8 Å². The summed E-state index contributed by atoms with van der Waals surface area (Å²) in [5.74, 6) is 0.859. The van der Waals surface area contributed by atoms with Crippen LogP contribution < -0.4 is 10.1 Å². The molecule has 1 aliphatic carbocycles. The lowest BCUT2D eigenvalue weighted by molar-refractivity contribution is 0.282. The highest BCUT2D eigenvalue weighted by molar-refractivity contribution is 6.30. The van der Waals surface area contributed by atoms with Crippen LogP contribution in [0.3, 0.4) is 0 Å². The number of ether oxygens (including phenoxy) is 1. The maximum Gasteiger partial charge on any atom is 0.139 e. The molecule has 0 aliphatic heterocycles. The van der Waals surface area contributed by atoms with Gasteiger partial charge in [-0.05, 0) is 37.1 Å². The van der Waals surface area contributed by atoms with Crippen LogP contribution in [0.1, 0.15) is 12.8 Å². The number of rotatable bonds is 4. The zero-order chi connectivity index (χ0) is 9.10. The third kappa shape index (κ3) is 2.90. The molecule has 0 saturated heterocycles. The first-order valence-corrected chi connectivity index (χ1v) is 4.84. The van der Waals surface area contributed by atoms with E-state index in [1.807, 2.05) is 24.3 Å². The fraction of sp³-hybridized carbons (Fsp3) is 0.400. The van der Waals surface area contributed by atoms with E-state index in [1.165, 1.54) is 12.8 Å². The monoisotopic (exact) mass is 197 g/mol. The number of benzene rings is 1. The van der Waals surface area contributed by atoms with Crippen LogP contribution >= 0.6 is 11.6 Å². The molecule has 0 aromatic heterocycles. The zero-order valence-electron chi connectivity index (χ0n) is 7.29. The van der Waals surface area contributed by atoms with Crippen molar-refractivity contribution >= 4 is 11.6 Å². The maximum atomic E-state index is 5.73. The summed E-state index contributed by atoms with van der Waals surface area (Å²) in [6, 6.07) is 8.09. The average Bonchev–Trinajstić information content (AvgIpc) is 2.92. The minimum absolute atomic E-state index is 0.590. The van der Waals surface area contributed by atoms with Gasteiger partial charge in [0.1, 0.15) is 12.5 Å². The molecule has 1 fully saturated rings. The standard InChI is InChI=1S/C10H12ClNO/c11-8-1-5-10(6-2-8)13-7-12-9-3-4-9/h1-2,5-6,9,12H,3-4,7H2. The van der Waals surface area contributed by atoms with Crippen LogP contribution in [-0.2, 0) is 0 Å². The van der Waals surface area contributed by atoms with Crippen molar-refractivity contribution in [1.82, 2.24) is 5.32 Å². The lowest BCUT2D eigenvalue weighted by Gasteiger charge is -2.06. The summed E-state index contributed by atoms with van der Waals surface area (Å²) in [7, 11) is 0. The molecule has 0 heterocycles. The molecule has 0 atom stereocenters. The highest BCUT2D eigenvalue weighted by atomic mass is 35.5. The lowest BCUT2D eigenvalue weighted by Crippen LogP contribution is -2.21. The van der Waals surface area contributed by atoms with E-state index < -0.39 is 0 Å². The summed E-state index contributed by atoms with van der Waals surface area (Å²) in [6.45, 7) is 0.590. The third-order valence-corrected chi connectivity index (χ3v) is 2.25. The summed E-state index contributed by atoms with van der Waals surface area (Å²) >= 11 is 5.73. The summed E-state index contributed by atoms with van der Waals surface area (Å²) < 4.78 is 5.44. The van der Waals surface area contributed by atoms with Crippen LogP contribution in [0.4, 0.5) is 0 Å². The van der Waals surface area contributed by atoms with Crippen LogP contribution in [0.5, 0.6) is 5.75 Å². The Bertz CT molecular complexity index is 269. The number of nitrogens with one attached hydrogen (secondary N) is 1. The number of halogens is 1. The van der Waals surface area contributed by atoms with Gasteiger partial charge in [-0.1, -0.05) is 11.6 Å². The molecular formula is C10H12ClNO. The predicted octanol–water partition coefficient (Wildman–Crippen LogP) is 2.43. The summed E-state index contributed by atoms with van der Waals surface area (Å²) in [6.07, 6.45) is 2.56. The largest absolute Gasteiger partial charge is 0.478 e. The van der Waals surface area contributed by atoms with Gasteiger partial charge in [0, 0.05) is 11.1 Å². The molecule has 1 aliphatic rings. The maximum absolute atomic E-state index is 5.73. The van der Waals surface area contributed by atoms with Crippen molar-refractivity contribution in [2.75, 3.05) is 6.73 Å². The molecule has 13 heavy (non-hydrogen) atoms. The molecule has 0 radical (unpaired) electrons. The Morgan fingerprint density at radius 2 is 2.00 bits per heavy atom. The minimum atomic E-state index is 0.590. The van der Waals surface area contributed by atoms with Crippen molar-refractivity contribution in [1.29, 1.82) is 0 Å². The second kappa shape index (κ2) is 3.99. The molecule has 0 spiro atoms. The van der Waals surface area contributed by atoms with Gasteiger partial charge in [0.15, 0.2) is 0 Å². The first-order valence-electron chi connectivity index (χ1n) is 4.46. The van der Waals surface area contributed by atoms with Crippen LogP contribution in [0.2, 0.25) is 5.02 Å². The fourth-order valence-electron chi connectivity index (χ4n) is 1.06. The smallest absolute Gasteiger partial charge is 0.139 e. The van der Waals surface area contributed by atoms with E-state index in [-0.39, 0.29) is 0 Å². The minimum Gasteiger partial charge on any atom is -0.478 e. The summed E-state index contributed by atoms with van der Waals surface area (Å²) in [5.41, 5.74) is 0. The molecule has 2 nitrogen and oxygen atoms in total. The van der Waals surface area contributed by atoms with E-state index in [2.05, 4.69) is 5.32 Å². The first-order chi connectivity index (χ1) is 6.34. The van der Waals surface area contributed by atoms with Gasteiger partial charge in [-0.2, -0.15) is 0 Å². The van der Waals surface area contributed by atoms with Crippen LogP contribution in [-0.4, -0.2) is 12.8 Å². The number of hydrogen-bond acceptors (Lipinski definition) is 2. The molecule has 0 bridgehead atoms. The molecule has 1 saturated carbocycles. The van der Waals surface area contributed by atoms with Gasteiger partial charge in [-0.3, -0.25) is 5.32 Å². The molecule has 0 unspecified atom stereocenters. The molecule has 70 valence electrons. The molecule has 2 rings (SSSR count). The predicted molar refractivity (Wildman–Crippen MR) is 53.1 cm³/mol. The van der Waals surface area contributed by atoms with Gasteiger partial charge in [-0.25, -0.2) is 0 Å². The van der Waals surface area contributed by atoms with Gasteiger partial charge in [0.25, 0.3) is 0 Å². The lowest BCUT2D eigenvalue weighted by atomic mass is 10.3. The molecule has 1 aromatic rings. The highest BCUT2D eigenvalue weighted by Gasteiger charge is 2.19. The highest BCUT2D eigenvalue weighted by Crippen LogP contribution is 2.19. The molecule has 1 N–H and O–H groups in total. The third-order valence-electron chi connectivity index (χ3n) is 2.00. The Hall–Kier alpha value is -0.730. The van der Waals surface area contributed by atoms with Crippen LogP contribution in [0.15, 0.2) is 24.3 Å². The molecular weight excluding hydrogens is 186 g/mol. The van der Waals surface area contributed by atoms with Gasteiger partial charge < -0.3 is 4.74 Å². The van der Waals surface area contributed by atoms with E-state index in [4.69, 9.17) is 16.3 Å². The van der Waals surface area contributed by atoms with Gasteiger partial charge in [0.05, 0.1) is 0 Å². The number of hydrogen-bond donors (Lipinski definition) is 1. The van der Waals surface area contributed by atoms with Crippen LogP contribution in [0.25, 0.3) is 0 Å². The van der Waals surface area contributed by atoms with E-state index in [9.17, 15) is 0 Å². The summed E-state index contributed by atoms with van der Waals surface area (Å²) in [4.78, 5) is 0. The molecule has 3 heteroatoms. The second-order valence-electron chi connectivity index (χ2n) is 3.22. The Labute approximate surface area is 82.9 Å². The Balaban J connectivity index is 1.76. The molecule has 0 amide bonds. The Morgan fingerprint density at radius 3 is 2.62 bits per heavy atom. The van der Waals surface area contributed by atoms with Gasteiger partial charge in [-0.15, -0.1) is 0 Å².